The van der Waals surface area contributed by atoms with Crippen LogP contribution in [0, 0.1) is 0 Å². The Hall–Kier alpha value is -0.730. The number of aliphatic imine (C=N–C) groups is 1. The number of hydrogen-bond acceptors (Lipinski definition) is 1. The molecular weight excluding hydrogens is 150 g/mol. The van der Waals surface area contributed by atoms with Crippen molar-refractivity contribution in [2.75, 3.05) is 13.1 Å². The summed E-state index contributed by atoms with van der Waals surface area (Å²) in [6.45, 7) is 5.91. The van der Waals surface area contributed by atoms with E-state index in [0.29, 0.717) is 5.96 Å². The molecule has 3 nitrogen and oxygen atoms in total. The van der Waals surface area contributed by atoms with Crippen molar-refractivity contribution in [1.82, 2.24) is 5.32 Å². The lowest BCUT2D eigenvalue weighted by molar-refractivity contribution is 0.735. The highest BCUT2D eigenvalue weighted by molar-refractivity contribution is 5.77. The van der Waals surface area contributed by atoms with Crippen molar-refractivity contribution >= 4 is 5.96 Å². The number of unbranched alkanes of at least 4 members (excludes halogenated alkanes) is 2. The van der Waals surface area contributed by atoms with Crippen LogP contribution < -0.4 is 11.1 Å². The Morgan fingerprint density at radius 2 is 1.67 bits per heavy atom. The molecule has 2 N–H and O–H groups in total. The summed E-state index contributed by atoms with van der Waals surface area (Å²) in [6.07, 6.45) is 4.52. The Bertz CT molecular complexity index is 121. The van der Waals surface area contributed by atoms with Crippen LogP contribution in [0.15, 0.2) is 4.99 Å². The van der Waals surface area contributed by atoms with Crippen LogP contribution in [0.2, 0.25) is 0 Å². The minimum absolute atomic E-state index is 0.469. The Balaban J connectivity index is 3.29. The van der Waals surface area contributed by atoms with Crippen molar-refractivity contribution in [2.24, 2.45) is 10.7 Å². The van der Waals surface area contributed by atoms with Gasteiger partial charge < -0.3 is 5.73 Å². The van der Waals surface area contributed by atoms with Crippen LogP contribution >= 0.6 is 0 Å². The number of nitrogens with zero attached hydrogens (tertiary/aromatic N) is 2. The number of hydrogen-bond donors (Lipinski definition) is 1. The lowest BCUT2D eigenvalue weighted by atomic mass is 10.3. The lowest BCUT2D eigenvalue weighted by Crippen LogP contribution is -2.26. The fourth-order valence-electron chi connectivity index (χ4n) is 0.753. The van der Waals surface area contributed by atoms with Gasteiger partial charge in [-0.3, -0.25) is 10.3 Å². The van der Waals surface area contributed by atoms with Gasteiger partial charge in [0.1, 0.15) is 0 Å². The third-order valence-electron chi connectivity index (χ3n) is 1.57. The van der Waals surface area contributed by atoms with E-state index in [1.807, 2.05) is 0 Å². The molecule has 0 saturated carbocycles. The highest BCUT2D eigenvalue weighted by atomic mass is 15.1. The van der Waals surface area contributed by atoms with Gasteiger partial charge in [0.2, 0.25) is 5.96 Å². The smallest absolute Gasteiger partial charge is 0.210 e. The van der Waals surface area contributed by atoms with Gasteiger partial charge in [0, 0.05) is 13.1 Å². The molecule has 0 aromatic heterocycles. The zero-order valence-corrected chi connectivity index (χ0v) is 8.21. The van der Waals surface area contributed by atoms with Crippen molar-refractivity contribution in [3.8, 4) is 0 Å². The first-order valence-corrected chi connectivity index (χ1v) is 4.78. The second-order valence-electron chi connectivity index (χ2n) is 2.83. The Morgan fingerprint density at radius 1 is 1.08 bits per heavy atom. The highest BCUT2D eigenvalue weighted by Crippen LogP contribution is 1.87. The molecule has 0 aliphatic heterocycles. The molecule has 0 aliphatic carbocycles. The van der Waals surface area contributed by atoms with Gasteiger partial charge in [0.05, 0.1) is 0 Å². The maximum atomic E-state index is 5.54. The topological polar surface area (TPSA) is 52.5 Å². The first-order valence-electron chi connectivity index (χ1n) is 4.78. The second kappa shape index (κ2) is 8.37. The summed E-state index contributed by atoms with van der Waals surface area (Å²) >= 11 is 0. The maximum Gasteiger partial charge on any atom is 0.210 e. The van der Waals surface area contributed by atoms with Gasteiger partial charge in [-0.25, -0.2) is 0 Å². The Morgan fingerprint density at radius 3 is 2.25 bits per heavy atom. The molecule has 0 spiro atoms. The zero-order valence-electron chi connectivity index (χ0n) is 8.21. The zero-order chi connectivity index (χ0) is 9.23. The van der Waals surface area contributed by atoms with E-state index in [1.54, 1.807) is 0 Å². The minimum atomic E-state index is 0.469. The van der Waals surface area contributed by atoms with E-state index in [1.165, 1.54) is 0 Å². The SMILES string of the molecule is CCCC[N]C(N)=NCCCC. The summed E-state index contributed by atoms with van der Waals surface area (Å²) < 4.78 is 0. The predicted octanol–water partition coefficient (Wildman–Crippen LogP) is 1.51. The van der Waals surface area contributed by atoms with Gasteiger partial charge in [-0.2, -0.15) is 0 Å². The largest absolute Gasteiger partial charge is 0.368 e. The van der Waals surface area contributed by atoms with Crippen LogP contribution in [0.4, 0.5) is 0 Å². The van der Waals surface area contributed by atoms with Crippen LogP contribution in [0.3, 0.4) is 0 Å². The van der Waals surface area contributed by atoms with Gasteiger partial charge in [-0.1, -0.05) is 26.7 Å². The summed E-state index contributed by atoms with van der Waals surface area (Å²) in [5, 5.41) is 4.11. The minimum Gasteiger partial charge on any atom is -0.368 e. The molecule has 0 atom stereocenters. The monoisotopic (exact) mass is 170 g/mol. The van der Waals surface area contributed by atoms with E-state index in [9.17, 15) is 0 Å². The molecular formula is C9H20N3. The Labute approximate surface area is 75.4 Å². The average Bonchev–Trinajstić information content (AvgIpc) is 2.06. The average molecular weight is 170 g/mol. The number of nitrogens with two attached hydrogens (primary N) is 1. The number of rotatable bonds is 6. The molecule has 3 heteroatoms. The molecule has 0 aromatic carbocycles. The van der Waals surface area contributed by atoms with Gasteiger partial charge in [-0.15, -0.1) is 0 Å². The maximum absolute atomic E-state index is 5.54. The number of guanidine groups is 1. The molecule has 12 heavy (non-hydrogen) atoms. The molecule has 0 rings (SSSR count). The van der Waals surface area contributed by atoms with E-state index in [2.05, 4.69) is 24.2 Å². The summed E-state index contributed by atoms with van der Waals surface area (Å²) in [4.78, 5) is 4.11. The fraction of sp³-hybridized carbons (Fsp3) is 0.889. The normalized spacial score (nSPS) is 11.7. The van der Waals surface area contributed by atoms with Gasteiger partial charge in [0.15, 0.2) is 0 Å². The molecule has 0 aromatic rings. The fourth-order valence-corrected chi connectivity index (χ4v) is 0.753. The second-order valence-corrected chi connectivity index (χ2v) is 2.83. The third kappa shape index (κ3) is 7.38. The van der Waals surface area contributed by atoms with E-state index < -0.39 is 0 Å². The molecule has 0 saturated heterocycles. The van der Waals surface area contributed by atoms with Crippen LogP contribution in [-0.4, -0.2) is 19.0 Å². The van der Waals surface area contributed by atoms with Gasteiger partial charge >= 0.3 is 0 Å². The van der Waals surface area contributed by atoms with Crippen molar-refractivity contribution in [1.29, 1.82) is 0 Å². The van der Waals surface area contributed by atoms with Crippen molar-refractivity contribution in [3.63, 3.8) is 0 Å². The van der Waals surface area contributed by atoms with E-state index in [4.69, 9.17) is 5.73 Å². The van der Waals surface area contributed by atoms with Gasteiger partial charge in [-0.05, 0) is 12.8 Å². The molecule has 0 fully saturated rings. The molecule has 0 bridgehead atoms. The summed E-state index contributed by atoms with van der Waals surface area (Å²) in [7, 11) is 0. The molecule has 0 heterocycles. The van der Waals surface area contributed by atoms with Crippen molar-refractivity contribution in [3.05, 3.63) is 0 Å². The molecule has 71 valence electrons. The summed E-state index contributed by atoms with van der Waals surface area (Å²) in [5.74, 6) is 0.469. The molecule has 0 aliphatic rings. The third-order valence-corrected chi connectivity index (χ3v) is 1.57. The first kappa shape index (κ1) is 11.3. The molecule has 0 amide bonds. The summed E-state index contributed by atoms with van der Waals surface area (Å²) in [6, 6.07) is 0. The van der Waals surface area contributed by atoms with E-state index in [-0.39, 0.29) is 0 Å². The molecule has 0 unspecified atom stereocenters. The van der Waals surface area contributed by atoms with E-state index >= 15 is 0 Å². The first-order chi connectivity index (χ1) is 5.81. The van der Waals surface area contributed by atoms with Crippen LogP contribution in [-0.2, 0) is 0 Å². The van der Waals surface area contributed by atoms with E-state index in [0.717, 1.165) is 38.8 Å². The van der Waals surface area contributed by atoms with Gasteiger partial charge in [0.25, 0.3) is 0 Å². The van der Waals surface area contributed by atoms with Crippen LogP contribution in [0.5, 0.6) is 0 Å². The molecule has 1 radical (unpaired) electrons. The Kier molecular flexibility index (Phi) is 7.86. The van der Waals surface area contributed by atoms with Crippen LogP contribution in [0.1, 0.15) is 39.5 Å². The quantitative estimate of drug-likeness (QED) is 0.366. The standard InChI is InChI=1S/C9H20N3/c1-3-5-7-11-9(10)12-8-6-4-2/h3-8H2,1-2H3,(H2,10,11). The highest BCUT2D eigenvalue weighted by Gasteiger charge is 1.91. The van der Waals surface area contributed by atoms with Crippen molar-refractivity contribution in [2.45, 2.75) is 39.5 Å². The van der Waals surface area contributed by atoms with Crippen molar-refractivity contribution < 1.29 is 0 Å². The van der Waals surface area contributed by atoms with Crippen LogP contribution in [0.25, 0.3) is 0 Å². The lowest BCUT2D eigenvalue weighted by Gasteiger charge is -2.00. The summed E-state index contributed by atoms with van der Waals surface area (Å²) in [5.41, 5.74) is 5.54. The predicted molar refractivity (Wildman–Crippen MR) is 53.3 cm³/mol.